The largest absolute Gasteiger partial charge is 0.389 e. The number of aliphatic hydroxyl groups excluding tert-OH is 1. The molecule has 0 radical (unpaired) electrons. The summed E-state index contributed by atoms with van der Waals surface area (Å²) < 4.78 is 1.69. The van der Waals surface area contributed by atoms with Crippen LogP contribution in [-0.2, 0) is 11.3 Å². The summed E-state index contributed by atoms with van der Waals surface area (Å²) in [7, 11) is 0. The number of carbonyl (C=O) groups excluding carboxylic acids is 1. The number of imidazole rings is 1. The van der Waals surface area contributed by atoms with Gasteiger partial charge in [0.25, 0.3) is 0 Å². The molecule has 0 saturated carbocycles. The number of aromatic nitrogens is 4. The van der Waals surface area contributed by atoms with Crippen molar-refractivity contribution in [2.75, 3.05) is 31.1 Å². The Morgan fingerprint density at radius 2 is 2.12 bits per heavy atom. The van der Waals surface area contributed by atoms with E-state index in [0.29, 0.717) is 25.5 Å². The Labute approximate surface area is 138 Å². The second kappa shape index (κ2) is 7.06. The lowest BCUT2D eigenvalue weighted by Gasteiger charge is -2.23. The van der Waals surface area contributed by atoms with Gasteiger partial charge in [-0.3, -0.25) is 4.79 Å². The Morgan fingerprint density at radius 3 is 2.88 bits per heavy atom. The molecular weight excluding hydrogens is 310 g/mol. The van der Waals surface area contributed by atoms with Crippen molar-refractivity contribution >= 4 is 11.7 Å². The van der Waals surface area contributed by atoms with Gasteiger partial charge >= 0.3 is 0 Å². The molecule has 2 aromatic heterocycles. The summed E-state index contributed by atoms with van der Waals surface area (Å²) in [4.78, 5) is 27.9. The van der Waals surface area contributed by atoms with E-state index in [-0.39, 0.29) is 24.7 Å². The normalized spacial score (nSPS) is 18.1. The van der Waals surface area contributed by atoms with Crippen LogP contribution in [0.4, 0.5) is 5.82 Å². The van der Waals surface area contributed by atoms with Gasteiger partial charge in [-0.1, -0.05) is 0 Å². The second-order valence-electron chi connectivity index (χ2n) is 5.51. The molecule has 0 aromatic carbocycles. The Hall–Kier alpha value is -2.99. The van der Waals surface area contributed by atoms with E-state index in [4.69, 9.17) is 5.26 Å². The minimum absolute atomic E-state index is 0.0893. The Bertz CT molecular complexity index is 741. The predicted octanol–water partition coefficient (Wildman–Crippen LogP) is -0.746. The number of anilines is 1. The van der Waals surface area contributed by atoms with Crippen LogP contribution in [0, 0.1) is 11.3 Å². The van der Waals surface area contributed by atoms with Crippen molar-refractivity contribution in [3.05, 3.63) is 36.8 Å². The minimum Gasteiger partial charge on any atom is -0.389 e. The molecule has 24 heavy (non-hydrogen) atoms. The van der Waals surface area contributed by atoms with Crippen LogP contribution in [0.3, 0.4) is 0 Å². The van der Waals surface area contributed by atoms with Crippen molar-refractivity contribution in [2.45, 2.75) is 12.6 Å². The first-order chi connectivity index (χ1) is 11.7. The number of hydrogen-bond acceptors (Lipinski definition) is 7. The number of hydrogen-bond donors (Lipinski definition) is 1. The summed E-state index contributed by atoms with van der Waals surface area (Å²) in [5.41, 5.74) is 0.211. The third-order valence-electron chi connectivity index (χ3n) is 3.82. The number of nitriles is 1. The van der Waals surface area contributed by atoms with Crippen LogP contribution in [0.2, 0.25) is 0 Å². The minimum atomic E-state index is -0.729. The van der Waals surface area contributed by atoms with E-state index in [9.17, 15) is 9.90 Å². The molecule has 0 spiro atoms. The zero-order valence-corrected chi connectivity index (χ0v) is 13.0. The number of rotatable bonds is 3. The Balaban J connectivity index is 1.71. The summed E-state index contributed by atoms with van der Waals surface area (Å²) >= 11 is 0. The highest BCUT2D eigenvalue weighted by Crippen LogP contribution is 2.17. The van der Waals surface area contributed by atoms with E-state index in [1.54, 1.807) is 33.1 Å². The van der Waals surface area contributed by atoms with Crippen LogP contribution in [0.25, 0.3) is 0 Å². The molecule has 3 rings (SSSR count). The SMILES string of the molecule is N#Cc1nccnc1N1CCN(C(=O)Cn2ccnc2)C[C@@H](O)C1. The molecule has 1 aliphatic rings. The molecule has 1 aliphatic heterocycles. The third-order valence-corrected chi connectivity index (χ3v) is 3.82. The lowest BCUT2D eigenvalue weighted by atomic mass is 10.3. The van der Waals surface area contributed by atoms with Crippen LogP contribution < -0.4 is 4.90 Å². The third kappa shape index (κ3) is 3.49. The summed E-state index contributed by atoms with van der Waals surface area (Å²) in [5, 5.41) is 19.4. The van der Waals surface area contributed by atoms with Gasteiger partial charge in [0, 0.05) is 51.0 Å². The van der Waals surface area contributed by atoms with Crippen LogP contribution in [0.5, 0.6) is 0 Å². The van der Waals surface area contributed by atoms with E-state index in [1.807, 2.05) is 6.07 Å². The molecule has 1 N–H and O–H groups in total. The molecule has 0 unspecified atom stereocenters. The molecule has 1 fully saturated rings. The summed E-state index contributed by atoms with van der Waals surface area (Å²) in [6.45, 7) is 1.63. The van der Waals surface area contributed by atoms with Crippen LogP contribution in [-0.4, -0.2) is 67.7 Å². The first-order valence-corrected chi connectivity index (χ1v) is 7.55. The molecule has 0 bridgehead atoms. The zero-order chi connectivity index (χ0) is 16.9. The molecular formula is C15H17N7O2. The van der Waals surface area contributed by atoms with Crippen molar-refractivity contribution < 1.29 is 9.90 Å². The summed E-state index contributed by atoms with van der Waals surface area (Å²) in [6, 6.07) is 2.00. The van der Waals surface area contributed by atoms with Gasteiger partial charge in [0.2, 0.25) is 5.91 Å². The van der Waals surface area contributed by atoms with E-state index >= 15 is 0 Å². The lowest BCUT2D eigenvalue weighted by molar-refractivity contribution is -0.132. The monoisotopic (exact) mass is 327 g/mol. The number of β-amino-alcohol motifs (C(OH)–C–C–N with tert-alkyl or cyclic N) is 1. The maximum absolute atomic E-state index is 12.4. The highest BCUT2D eigenvalue weighted by atomic mass is 16.3. The molecule has 1 atom stereocenters. The Kier molecular flexibility index (Phi) is 4.67. The van der Waals surface area contributed by atoms with Crippen molar-refractivity contribution in [2.24, 2.45) is 0 Å². The van der Waals surface area contributed by atoms with Crippen LogP contribution >= 0.6 is 0 Å². The first-order valence-electron chi connectivity index (χ1n) is 7.55. The van der Waals surface area contributed by atoms with E-state index < -0.39 is 6.10 Å². The maximum atomic E-state index is 12.4. The van der Waals surface area contributed by atoms with Crippen LogP contribution in [0.1, 0.15) is 5.69 Å². The predicted molar refractivity (Wildman–Crippen MR) is 83.8 cm³/mol. The fourth-order valence-electron chi connectivity index (χ4n) is 2.69. The lowest BCUT2D eigenvalue weighted by Crippen LogP contribution is -2.39. The van der Waals surface area contributed by atoms with E-state index in [1.165, 1.54) is 12.4 Å². The van der Waals surface area contributed by atoms with Crippen LogP contribution in [0.15, 0.2) is 31.1 Å². The van der Waals surface area contributed by atoms with Crippen molar-refractivity contribution in [3.8, 4) is 6.07 Å². The highest BCUT2D eigenvalue weighted by molar-refractivity contribution is 5.76. The summed E-state index contributed by atoms with van der Waals surface area (Å²) in [5.74, 6) is 0.344. The van der Waals surface area contributed by atoms with Gasteiger partial charge in [-0.05, 0) is 0 Å². The van der Waals surface area contributed by atoms with Crippen molar-refractivity contribution in [1.82, 2.24) is 24.4 Å². The van der Waals surface area contributed by atoms with Gasteiger partial charge in [0.1, 0.15) is 12.6 Å². The number of carbonyl (C=O) groups is 1. The second-order valence-corrected chi connectivity index (χ2v) is 5.51. The van der Waals surface area contributed by atoms with Gasteiger partial charge in [0.05, 0.1) is 12.4 Å². The van der Waals surface area contributed by atoms with Crippen molar-refractivity contribution in [1.29, 1.82) is 5.26 Å². The number of aliphatic hydroxyl groups is 1. The Morgan fingerprint density at radius 1 is 1.29 bits per heavy atom. The molecule has 124 valence electrons. The number of nitrogens with zero attached hydrogens (tertiary/aromatic N) is 7. The van der Waals surface area contributed by atoms with Gasteiger partial charge in [-0.25, -0.2) is 15.0 Å². The molecule has 9 nitrogen and oxygen atoms in total. The van der Waals surface area contributed by atoms with Gasteiger partial charge < -0.3 is 19.5 Å². The van der Waals surface area contributed by atoms with E-state index in [0.717, 1.165) is 0 Å². The molecule has 0 aliphatic carbocycles. The molecule has 9 heteroatoms. The standard InChI is InChI=1S/C15H17N7O2/c16-7-13-15(19-2-1-18-13)22-6-5-21(8-12(23)9-22)14(24)10-20-4-3-17-11-20/h1-4,11-12,23H,5-6,8-10H2/t12-/m1/s1. The highest BCUT2D eigenvalue weighted by Gasteiger charge is 2.26. The average Bonchev–Trinajstić information content (AvgIpc) is 3.01. The molecule has 2 aromatic rings. The van der Waals surface area contributed by atoms with Gasteiger partial charge in [0.15, 0.2) is 11.5 Å². The fourth-order valence-corrected chi connectivity index (χ4v) is 2.69. The molecule has 1 saturated heterocycles. The average molecular weight is 327 g/mol. The fraction of sp³-hybridized carbons (Fsp3) is 0.400. The topological polar surface area (TPSA) is 111 Å². The first kappa shape index (κ1) is 15.9. The maximum Gasteiger partial charge on any atom is 0.242 e. The van der Waals surface area contributed by atoms with Crippen molar-refractivity contribution in [3.63, 3.8) is 0 Å². The summed E-state index contributed by atoms with van der Waals surface area (Å²) in [6.07, 6.45) is 7.15. The smallest absolute Gasteiger partial charge is 0.242 e. The van der Waals surface area contributed by atoms with Gasteiger partial charge in [-0.2, -0.15) is 5.26 Å². The molecule has 3 heterocycles. The quantitative estimate of drug-likeness (QED) is 0.790. The van der Waals surface area contributed by atoms with E-state index in [2.05, 4.69) is 15.0 Å². The van der Waals surface area contributed by atoms with Gasteiger partial charge in [-0.15, -0.1) is 0 Å². The number of amides is 1. The molecule has 1 amide bonds. The zero-order valence-electron chi connectivity index (χ0n) is 13.0.